The number of benzene rings is 2. The van der Waals surface area contributed by atoms with Crippen molar-refractivity contribution in [3.63, 3.8) is 0 Å². The molecule has 2 rings (SSSR count). The second-order valence-corrected chi connectivity index (χ2v) is 2.39. The lowest BCUT2D eigenvalue weighted by Gasteiger charge is -1.91. The Kier molecular flexibility index (Phi) is 1.25. The summed E-state index contributed by atoms with van der Waals surface area (Å²) in [5.41, 5.74) is -0.0375. The summed E-state index contributed by atoms with van der Waals surface area (Å²) in [6, 6.07) is 4.60. The zero-order valence-electron chi connectivity index (χ0n) is 13.2. The SMILES string of the molecule is [2H]c1cc([2H])c(N=Nc2c([2H])cc([2H])cc2[2H])c([2H])c1. The van der Waals surface area contributed by atoms with E-state index in [9.17, 15) is 0 Å². The first-order valence-electron chi connectivity index (χ1n) is 6.96. The van der Waals surface area contributed by atoms with Gasteiger partial charge in [-0.25, -0.2) is 0 Å². The van der Waals surface area contributed by atoms with Crippen molar-refractivity contribution in [2.75, 3.05) is 0 Å². The van der Waals surface area contributed by atoms with Crippen LogP contribution in [0.1, 0.15) is 8.22 Å². The maximum absolute atomic E-state index is 7.64. The fraction of sp³-hybridized carbons (Fsp3) is 0. The second kappa shape index (κ2) is 4.33. The first-order valence-corrected chi connectivity index (χ1v) is 3.96. The summed E-state index contributed by atoms with van der Waals surface area (Å²) in [4.78, 5) is 0. The van der Waals surface area contributed by atoms with Gasteiger partial charge in [0.15, 0.2) is 0 Å². The molecule has 14 heavy (non-hydrogen) atoms. The van der Waals surface area contributed by atoms with E-state index in [1.54, 1.807) is 0 Å². The number of azo groups is 1. The number of hydrogen-bond acceptors (Lipinski definition) is 2. The van der Waals surface area contributed by atoms with Gasteiger partial charge in [0.05, 0.1) is 19.6 Å². The highest BCUT2D eigenvalue weighted by Crippen LogP contribution is 2.16. The van der Waals surface area contributed by atoms with Gasteiger partial charge in [0.1, 0.15) is 0 Å². The summed E-state index contributed by atoms with van der Waals surface area (Å²) in [7, 11) is 0. The Morgan fingerprint density at radius 2 is 1.07 bits per heavy atom. The van der Waals surface area contributed by atoms with Crippen molar-refractivity contribution in [1.29, 1.82) is 0 Å². The fourth-order valence-corrected chi connectivity index (χ4v) is 0.822. The van der Waals surface area contributed by atoms with E-state index >= 15 is 0 Å². The van der Waals surface area contributed by atoms with Crippen LogP contribution < -0.4 is 0 Å². The van der Waals surface area contributed by atoms with Gasteiger partial charge >= 0.3 is 0 Å². The van der Waals surface area contributed by atoms with E-state index in [0.717, 1.165) is 0 Å². The van der Waals surface area contributed by atoms with E-state index in [-0.39, 0.29) is 47.6 Å². The zero-order valence-corrected chi connectivity index (χ0v) is 7.20. The average Bonchev–Trinajstić information content (AvgIpc) is 2.30. The van der Waals surface area contributed by atoms with Gasteiger partial charge in [0, 0.05) is 0 Å². The highest BCUT2D eigenvalue weighted by Gasteiger charge is 1.86. The summed E-state index contributed by atoms with van der Waals surface area (Å²) < 4.78 is 45.3. The van der Waals surface area contributed by atoms with E-state index in [2.05, 4.69) is 10.2 Å². The first-order chi connectivity index (χ1) is 9.38. The van der Waals surface area contributed by atoms with Crippen LogP contribution in [0.4, 0.5) is 11.4 Å². The highest BCUT2D eigenvalue weighted by atomic mass is 15.1. The summed E-state index contributed by atoms with van der Waals surface area (Å²) >= 11 is 0. The van der Waals surface area contributed by atoms with Crippen LogP contribution in [0.5, 0.6) is 0 Å². The Bertz CT molecular complexity index is 593. The van der Waals surface area contributed by atoms with E-state index in [1.165, 1.54) is 24.3 Å². The third kappa shape index (κ3) is 2.26. The lowest BCUT2D eigenvalue weighted by atomic mass is 10.3. The molecule has 0 atom stereocenters. The third-order valence-electron chi connectivity index (χ3n) is 1.42. The second-order valence-electron chi connectivity index (χ2n) is 2.39. The average molecular weight is 188 g/mol. The predicted molar refractivity (Wildman–Crippen MR) is 57.1 cm³/mol. The molecule has 0 fully saturated rings. The minimum absolute atomic E-state index is 0.0187. The molecule has 0 radical (unpaired) electrons. The minimum atomic E-state index is -0.110. The Hall–Kier alpha value is -1.96. The smallest absolute Gasteiger partial charge is 0.0857 e. The van der Waals surface area contributed by atoms with E-state index in [1.807, 2.05) is 0 Å². The van der Waals surface area contributed by atoms with Gasteiger partial charge in [-0.3, -0.25) is 0 Å². The Morgan fingerprint density at radius 1 is 0.714 bits per heavy atom. The quantitative estimate of drug-likeness (QED) is 0.634. The molecule has 0 aliphatic carbocycles. The summed E-state index contributed by atoms with van der Waals surface area (Å²) in [6.45, 7) is 0. The van der Waals surface area contributed by atoms with E-state index in [4.69, 9.17) is 8.22 Å². The van der Waals surface area contributed by atoms with Gasteiger partial charge < -0.3 is 0 Å². The van der Waals surface area contributed by atoms with E-state index < -0.39 is 0 Å². The minimum Gasteiger partial charge on any atom is -0.151 e. The molecule has 0 N–H and O–H groups in total. The molecule has 0 aromatic heterocycles. The Labute approximate surface area is 91.4 Å². The molecule has 0 saturated heterocycles. The maximum Gasteiger partial charge on any atom is 0.0857 e. The molecular formula is C12H10N2. The standard InChI is InChI=1S/C12H10N2/c1-3-7-11(8-4-1)13-14-12-9-5-2-6-10-12/h1-10H/i1D,2D,7D,8D,9D,10D. The molecule has 0 bridgehead atoms. The molecule has 0 aliphatic rings. The van der Waals surface area contributed by atoms with Crippen LogP contribution in [0.15, 0.2) is 70.7 Å². The van der Waals surface area contributed by atoms with Crippen molar-refractivity contribution < 1.29 is 8.22 Å². The van der Waals surface area contributed by atoms with Crippen LogP contribution >= 0.6 is 0 Å². The molecule has 0 amide bonds. The molecule has 2 aromatic carbocycles. The Morgan fingerprint density at radius 3 is 1.43 bits per heavy atom. The molecule has 0 heterocycles. The van der Waals surface area contributed by atoms with Crippen LogP contribution in [-0.4, -0.2) is 0 Å². The third-order valence-corrected chi connectivity index (χ3v) is 1.42. The van der Waals surface area contributed by atoms with E-state index in [0.29, 0.717) is 0 Å². The van der Waals surface area contributed by atoms with Gasteiger partial charge in [-0.15, -0.1) is 0 Å². The van der Waals surface area contributed by atoms with Crippen LogP contribution in [0.25, 0.3) is 0 Å². The summed E-state index contributed by atoms with van der Waals surface area (Å²) in [6.07, 6.45) is 0. The van der Waals surface area contributed by atoms with Crippen LogP contribution in [0.3, 0.4) is 0 Å². The Balaban J connectivity index is 2.45. The van der Waals surface area contributed by atoms with Gasteiger partial charge in [-0.1, -0.05) is 36.4 Å². The molecule has 2 aromatic rings. The lowest BCUT2D eigenvalue weighted by Crippen LogP contribution is -1.62. The van der Waals surface area contributed by atoms with Gasteiger partial charge in [-0.05, 0) is 24.2 Å². The topological polar surface area (TPSA) is 24.7 Å². The normalized spacial score (nSPS) is 16.6. The molecule has 2 heteroatoms. The van der Waals surface area contributed by atoms with Crippen molar-refractivity contribution >= 4 is 11.4 Å². The van der Waals surface area contributed by atoms with Crippen molar-refractivity contribution in [3.8, 4) is 0 Å². The van der Waals surface area contributed by atoms with Crippen LogP contribution in [-0.2, 0) is 0 Å². The first kappa shape index (κ1) is 4.05. The van der Waals surface area contributed by atoms with Crippen molar-refractivity contribution in [2.24, 2.45) is 10.2 Å². The highest BCUT2D eigenvalue weighted by molar-refractivity contribution is 5.39. The molecule has 0 saturated carbocycles. The zero-order chi connectivity index (χ0) is 14.9. The molecule has 68 valence electrons. The summed E-state index contributed by atoms with van der Waals surface area (Å²) in [5, 5.41) is 7.47. The molecular weight excluding hydrogens is 172 g/mol. The maximum atomic E-state index is 7.64. The van der Waals surface area contributed by atoms with Crippen molar-refractivity contribution in [3.05, 3.63) is 60.5 Å². The van der Waals surface area contributed by atoms with Crippen molar-refractivity contribution in [1.82, 2.24) is 0 Å². The number of hydrogen-bond donors (Lipinski definition) is 0. The fourth-order valence-electron chi connectivity index (χ4n) is 0.822. The van der Waals surface area contributed by atoms with Crippen LogP contribution in [0, 0.1) is 0 Å². The van der Waals surface area contributed by atoms with Crippen LogP contribution in [0.2, 0.25) is 0 Å². The van der Waals surface area contributed by atoms with Gasteiger partial charge in [0.25, 0.3) is 0 Å². The lowest BCUT2D eigenvalue weighted by molar-refractivity contribution is 1.23. The van der Waals surface area contributed by atoms with Crippen molar-refractivity contribution in [2.45, 2.75) is 0 Å². The largest absolute Gasteiger partial charge is 0.151 e. The van der Waals surface area contributed by atoms with Gasteiger partial charge in [-0.2, -0.15) is 10.2 Å². The monoisotopic (exact) mass is 188 g/mol. The molecule has 0 unspecified atom stereocenters. The number of rotatable bonds is 2. The molecule has 0 aliphatic heterocycles. The predicted octanol–water partition coefficient (Wildman–Crippen LogP) is 4.10. The molecule has 2 nitrogen and oxygen atoms in total. The summed E-state index contributed by atoms with van der Waals surface area (Å²) in [5.74, 6) is 0. The molecule has 0 spiro atoms. The number of nitrogens with zero attached hydrogens (tertiary/aromatic N) is 2. The van der Waals surface area contributed by atoms with Gasteiger partial charge in [0.2, 0.25) is 0 Å².